The van der Waals surface area contributed by atoms with Gasteiger partial charge in [-0.1, -0.05) is 30.3 Å². The zero-order valence-corrected chi connectivity index (χ0v) is 23.6. The predicted octanol–water partition coefficient (Wildman–Crippen LogP) is 7.72. The van der Waals surface area contributed by atoms with Crippen molar-refractivity contribution in [1.82, 2.24) is 19.1 Å². The van der Waals surface area contributed by atoms with Crippen LogP contribution in [0.3, 0.4) is 0 Å². The molecule has 3 aromatic carbocycles. The first kappa shape index (κ1) is 23.3. The maximum Gasteiger partial charge on any atom is 0.212 e. The predicted molar refractivity (Wildman–Crippen MR) is 157 cm³/mol. The minimum Gasteiger partial charge on any atom is -0.304 e. The van der Waals surface area contributed by atoms with Gasteiger partial charge in [0.1, 0.15) is 0 Å². The van der Waals surface area contributed by atoms with E-state index in [0.717, 1.165) is 39.8 Å². The molecule has 0 bridgehead atoms. The molecule has 2 aliphatic rings. The molecule has 38 heavy (non-hydrogen) atoms. The third kappa shape index (κ3) is 2.58. The molecule has 0 saturated heterocycles. The lowest BCUT2D eigenvalue weighted by atomic mass is 9.82. The minimum atomic E-state index is -0.202. The van der Waals surface area contributed by atoms with Crippen molar-refractivity contribution in [3.63, 3.8) is 0 Å². The molecular weight excluding hydrogens is 468 g/mol. The van der Waals surface area contributed by atoms with E-state index in [-0.39, 0.29) is 22.2 Å². The van der Waals surface area contributed by atoms with E-state index in [2.05, 4.69) is 147 Å². The molecule has 0 atom stereocenters. The largest absolute Gasteiger partial charge is 0.304 e. The Balaban J connectivity index is 1.44. The van der Waals surface area contributed by atoms with Crippen LogP contribution in [0.5, 0.6) is 0 Å². The summed E-state index contributed by atoms with van der Waals surface area (Å²) in [4.78, 5) is 15.2. The Labute approximate surface area is 224 Å². The number of nitrogens with zero attached hydrogens (tertiary/aromatic N) is 6. The fraction of sp³-hybridized carbons (Fsp3) is 0.375. The Kier molecular flexibility index (Phi) is 4.29. The standard InChI is InChI=1S/C32H36N6/c1-29(2)31(5,6)38-26-19-18-22(20-24(26)34-28(38)35(29)21-14-10-9-11-15-21)36-27-33-23-16-12-13-17-25(23)37(27)32(7,8)30(36,3)4/h9-20H,1-8H3. The van der Waals surface area contributed by atoms with Gasteiger partial charge in [0.25, 0.3) is 0 Å². The molecule has 0 unspecified atom stereocenters. The maximum absolute atomic E-state index is 5.29. The Morgan fingerprint density at radius 2 is 0.974 bits per heavy atom. The van der Waals surface area contributed by atoms with E-state index >= 15 is 0 Å². The average Bonchev–Trinajstić information content (AvgIpc) is 3.50. The van der Waals surface area contributed by atoms with Crippen LogP contribution in [-0.4, -0.2) is 30.2 Å². The van der Waals surface area contributed by atoms with Gasteiger partial charge >= 0.3 is 0 Å². The van der Waals surface area contributed by atoms with E-state index in [1.165, 1.54) is 5.52 Å². The van der Waals surface area contributed by atoms with E-state index in [1.807, 2.05) is 0 Å². The van der Waals surface area contributed by atoms with Crippen LogP contribution >= 0.6 is 0 Å². The highest BCUT2D eigenvalue weighted by molar-refractivity contribution is 5.89. The third-order valence-electron chi connectivity index (χ3n) is 10.1. The van der Waals surface area contributed by atoms with Crippen LogP contribution in [0.4, 0.5) is 23.3 Å². The molecule has 2 aromatic heterocycles. The molecule has 0 saturated carbocycles. The molecule has 0 radical (unpaired) electrons. The van der Waals surface area contributed by atoms with Crippen molar-refractivity contribution < 1.29 is 0 Å². The van der Waals surface area contributed by atoms with E-state index in [4.69, 9.17) is 9.97 Å². The Bertz CT molecular complexity index is 1730. The molecule has 0 amide bonds. The average molecular weight is 505 g/mol. The van der Waals surface area contributed by atoms with Gasteiger partial charge < -0.3 is 18.9 Å². The van der Waals surface area contributed by atoms with Crippen molar-refractivity contribution in [3.05, 3.63) is 72.8 Å². The van der Waals surface area contributed by atoms with Crippen molar-refractivity contribution in [2.24, 2.45) is 0 Å². The molecule has 0 spiro atoms. The second-order valence-electron chi connectivity index (χ2n) is 12.9. The van der Waals surface area contributed by atoms with Gasteiger partial charge in [-0.25, -0.2) is 9.97 Å². The summed E-state index contributed by atoms with van der Waals surface area (Å²) in [5.74, 6) is 1.98. The fourth-order valence-corrected chi connectivity index (χ4v) is 6.66. The smallest absolute Gasteiger partial charge is 0.212 e. The molecule has 0 fully saturated rings. The first-order valence-electron chi connectivity index (χ1n) is 13.6. The van der Waals surface area contributed by atoms with Gasteiger partial charge in [-0.15, -0.1) is 0 Å². The summed E-state index contributed by atoms with van der Waals surface area (Å²) in [5, 5.41) is 0. The summed E-state index contributed by atoms with van der Waals surface area (Å²) in [6.45, 7) is 18.5. The van der Waals surface area contributed by atoms with Gasteiger partial charge in [-0.3, -0.25) is 0 Å². The zero-order chi connectivity index (χ0) is 26.8. The molecule has 6 nitrogen and oxygen atoms in total. The lowest BCUT2D eigenvalue weighted by molar-refractivity contribution is 0.252. The van der Waals surface area contributed by atoms with Gasteiger partial charge in [-0.2, -0.15) is 0 Å². The Morgan fingerprint density at radius 3 is 1.61 bits per heavy atom. The number of hydrogen-bond donors (Lipinski definition) is 0. The van der Waals surface area contributed by atoms with E-state index in [1.54, 1.807) is 0 Å². The van der Waals surface area contributed by atoms with Crippen LogP contribution in [-0.2, 0) is 11.1 Å². The van der Waals surface area contributed by atoms with E-state index in [0.29, 0.717) is 0 Å². The van der Waals surface area contributed by atoms with Gasteiger partial charge in [0.05, 0.1) is 44.2 Å². The SMILES string of the molecule is CC1(C)N(c2ccc3c(c2)nc2n3C(C)(C)C(C)(C)N2c2ccccc2)c2nc3ccccc3n2C1(C)C. The van der Waals surface area contributed by atoms with Gasteiger partial charge in [0, 0.05) is 11.4 Å². The molecule has 0 aliphatic carbocycles. The second-order valence-corrected chi connectivity index (χ2v) is 12.9. The monoisotopic (exact) mass is 504 g/mol. The van der Waals surface area contributed by atoms with Crippen LogP contribution in [0.25, 0.3) is 22.1 Å². The molecule has 0 N–H and O–H groups in total. The number of hydrogen-bond acceptors (Lipinski definition) is 4. The Morgan fingerprint density at radius 1 is 0.474 bits per heavy atom. The van der Waals surface area contributed by atoms with Gasteiger partial charge in [0.15, 0.2) is 0 Å². The first-order valence-corrected chi connectivity index (χ1v) is 13.6. The lowest BCUT2D eigenvalue weighted by Crippen LogP contribution is -2.50. The summed E-state index contributed by atoms with van der Waals surface area (Å²) in [5.41, 5.74) is 5.95. The van der Waals surface area contributed by atoms with Crippen LogP contribution in [0.1, 0.15) is 55.4 Å². The van der Waals surface area contributed by atoms with Crippen molar-refractivity contribution in [3.8, 4) is 0 Å². The number of anilines is 4. The molecule has 6 heteroatoms. The number of para-hydroxylation sites is 3. The van der Waals surface area contributed by atoms with Crippen molar-refractivity contribution in [2.75, 3.05) is 9.80 Å². The molecule has 7 rings (SSSR count). The van der Waals surface area contributed by atoms with Crippen LogP contribution in [0.2, 0.25) is 0 Å². The quantitative estimate of drug-likeness (QED) is 0.247. The molecule has 5 aromatic rings. The van der Waals surface area contributed by atoms with Crippen molar-refractivity contribution in [1.29, 1.82) is 0 Å². The van der Waals surface area contributed by atoms with Crippen molar-refractivity contribution in [2.45, 2.75) is 77.5 Å². The summed E-state index contributed by atoms with van der Waals surface area (Å²) in [7, 11) is 0. The normalized spacial score (nSPS) is 20.3. The van der Waals surface area contributed by atoms with Crippen LogP contribution in [0.15, 0.2) is 72.8 Å². The Hall–Kier alpha value is -3.80. The second kappa shape index (κ2) is 6.99. The van der Waals surface area contributed by atoms with Crippen molar-refractivity contribution >= 4 is 45.3 Å². The summed E-state index contributed by atoms with van der Waals surface area (Å²) < 4.78 is 4.83. The number of imidazole rings is 2. The topological polar surface area (TPSA) is 42.1 Å². The number of fused-ring (bicyclic) bond motifs is 6. The van der Waals surface area contributed by atoms with Gasteiger partial charge in [0.2, 0.25) is 11.9 Å². The summed E-state index contributed by atoms with van der Waals surface area (Å²) in [6.07, 6.45) is 0. The summed E-state index contributed by atoms with van der Waals surface area (Å²) >= 11 is 0. The minimum absolute atomic E-state index is 0.157. The first-order chi connectivity index (χ1) is 17.9. The summed E-state index contributed by atoms with van der Waals surface area (Å²) in [6, 6.07) is 25.8. The molecule has 4 heterocycles. The number of benzene rings is 3. The molecular formula is C32H36N6. The third-order valence-corrected chi connectivity index (χ3v) is 10.1. The lowest BCUT2D eigenvalue weighted by Gasteiger charge is -2.42. The maximum atomic E-state index is 5.29. The van der Waals surface area contributed by atoms with E-state index < -0.39 is 0 Å². The highest BCUT2D eigenvalue weighted by Crippen LogP contribution is 2.54. The fourth-order valence-electron chi connectivity index (χ4n) is 6.66. The van der Waals surface area contributed by atoms with Gasteiger partial charge in [-0.05, 0) is 97.9 Å². The van der Waals surface area contributed by atoms with Crippen LogP contribution in [0, 0.1) is 0 Å². The number of aromatic nitrogens is 4. The van der Waals surface area contributed by atoms with Crippen LogP contribution < -0.4 is 9.80 Å². The highest BCUT2D eigenvalue weighted by Gasteiger charge is 2.55. The zero-order valence-electron chi connectivity index (χ0n) is 23.6. The van der Waals surface area contributed by atoms with E-state index in [9.17, 15) is 0 Å². The molecule has 2 aliphatic heterocycles. The highest BCUT2D eigenvalue weighted by atomic mass is 15.5. The number of rotatable bonds is 2. The molecule has 194 valence electrons.